The smallest absolute Gasteiger partial charge is 0.291 e. The number of anilines is 1. The molecular formula is C13H14ClN3OS. The number of aromatic nitrogens is 2. The van der Waals surface area contributed by atoms with Crippen molar-refractivity contribution in [2.24, 2.45) is 5.92 Å². The van der Waals surface area contributed by atoms with Gasteiger partial charge in [0.15, 0.2) is 0 Å². The average Bonchev–Trinajstić information content (AvgIpc) is 3.06. The van der Waals surface area contributed by atoms with E-state index < -0.39 is 0 Å². The van der Waals surface area contributed by atoms with Crippen LogP contribution in [0, 0.1) is 5.92 Å². The van der Waals surface area contributed by atoms with Crippen molar-refractivity contribution in [1.82, 2.24) is 9.78 Å². The third kappa shape index (κ3) is 2.98. The lowest BCUT2D eigenvalue weighted by molar-refractivity contribution is 0.534. The average molecular weight is 296 g/mol. The molecule has 6 heteroatoms. The Morgan fingerprint density at radius 1 is 1.53 bits per heavy atom. The molecule has 2 aromatic heterocycles. The first kappa shape index (κ1) is 12.7. The minimum Gasteiger partial charge on any atom is -0.374 e. The zero-order chi connectivity index (χ0) is 13.2. The van der Waals surface area contributed by atoms with E-state index in [4.69, 9.17) is 11.6 Å². The number of nitrogens with zero attached hydrogens (tertiary/aromatic N) is 2. The van der Waals surface area contributed by atoms with Crippen molar-refractivity contribution >= 4 is 28.6 Å². The molecule has 0 spiro atoms. The molecule has 19 heavy (non-hydrogen) atoms. The van der Waals surface area contributed by atoms with Crippen LogP contribution in [-0.4, -0.2) is 9.78 Å². The van der Waals surface area contributed by atoms with Gasteiger partial charge in [-0.05, 0) is 30.2 Å². The molecule has 1 aliphatic carbocycles. The number of hydrogen-bond donors (Lipinski definition) is 1. The van der Waals surface area contributed by atoms with Gasteiger partial charge in [0.25, 0.3) is 5.56 Å². The summed E-state index contributed by atoms with van der Waals surface area (Å²) in [5.41, 5.74) is 0.321. The number of nitrogens with one attached hydrogen (secondary N) is 1. The van der Waals surface area contributed by atoms with E-state index in [0.29, 0.717) is 29.7 Å². The molecule has 3 rings (SSSR count). The lowest BCUT2D eigenvalue weighted by Gasteiger charge is -2.09. The Hall–Kier alpha value is -1.33. The molecule has 2 aromatic rings. The first-order valence-electron chi connectivity index (χ1n) is 6.26. The van der Waals surface area contributed by atoms with Crippen LogP contribution in [0.5, 0.6) is 0 Å². The Bertz CT molecular complexity index is 619. The summed E-state index contributed by atoms with van der Waals surface area (Å²) in [7, 11) is 0. The number of rotatable bonds is 5. The zero-order valence-electron chi connectivity index (χ0n) is 10.3. The third-order valence-electron chi connectivity index (χ3n) is 3.15. The van der Waals surface area contributed by atoms with Crippen LogP contribution in [0.25, 0.3) is 0 Å². The minimum atomic E-state index is -0.129. The summed E-state index contributed by atoms with van der Waals surface area (Å²) < 4.78 is 1.51. The molecule has 0 saturated heterocycles. The molecule has 0 unspecified atom stereocenters. The van der Waals surface area contributed by atoms with Crippen LogP contribution in [0.4, 0.5) is 5.69 Å². The molecular weight excluding hydrogens is 282 g/mol. The van der Waals surface area contributed by atoms with Gasteiger partial charge in [-0.15, -0.1) is 11.3 Å². The molecule has 2 heterocycles. The molecule has 0 amide bonds. The van der Waals surface area contributed by atoms with Gasteiger partial charge in [0.1, 0.15) is 5.69 Å². The van der Waals surface area contributed by atoms with Crippen molar-refractivity contribution in [3.05, 3.63) is 44.0 Å². The van der Waals surface area contributed by atoms with Crippen LogP contribution in [0.2, 0.25) is 5.02 Å². The minimum absolute atomic E-state index is 0.129. The van der Waals surface area contributed by atoms with E-state index in [0.717, 1.165) is 0 Å². The number of hydrogen-bond acceptors (Lipinski definition) is 4. The van der Waals surface area contributed by atoms with E-state index in [1.165, 1.54) is 22.4 Å². The van der Waals surface area contributed by atoms with Crippen molar-refractivity contribution in [2.45, 2.75) is 25.9 Å². The van der Waals surface area contributed by atoms with Gasteiger partial charge in [-0.25, -0.2) is 4.68 Å². The van der Waals surface area contributed by atoms with Gasteiger partial charge in [0.2, 0.25) is 0 Å². The largest absolute Gasteiger partial charge is 0.374 e. The maximum absolute atomic E-state index is 12.3. The topological polar surface area (TPSA) is 46.9 Å². The molecule has 1 saturated carbocycles. The van der Waals surface area contributed by atoms with Crippen LogP contribution in [0.15, 0.2) is 28.5 Å². The first-order chi connectivity index (χ1) is 9.24. The van der Waals surface area contributed by atoms with Crippen molar-refractivity contribution in [3.8, 4) is 0 Å². The second-order valence-electron chi connectivity index (χ2n) is 4.73. The Labute approximate surface area is 120 Å². The normalized spacial score (nSPS) is 14.6. The van der Waals surface area contributed by atoms with Gasteiger partial charge in [-0.1, -0.05) is 17.7 Å². The Morgan fingerprint density at radius 2 is 2.37 bits per heavy atom. The molecule has 0 atom stereocenters. The predicted octanol–water partition coefficient (Wildman–Crippen LogP) is 2.98. The second kappa shape index (κ2) is 5.35. The molecule has 1 N–H and O–H groups in total. The van der Waals surface area contributed by atoms with Gasteiger partial charge in [-0.3, -0.25) is 4.79 Å². The Morgan fingerprint density at radius 3 is 3.05 bits per heavy atom. The lowest BCUT2D eigenvalue weighted by atomic mass is 10.4. The van der Waals surface area contributed by atoms with Gasteiger partial charge >= 0.3 is 0 Å². The molecule has 0 aliphatic heterocycles. The van der Waals surface area contributed by atoms with E-state index >= 15 is 0 Å². The molecule has 0 bridgehead atoms. The summed E-state index contributed by atoms with van der Waals surface area (Å²) >= 11 is 7.71. The summed E-state index contributed by atoms with van der Waals surface area (Å²) in [5.74, 6) is 0.608. The van der Waals surface area contributed by atoms with Crippen molar-refractivity contribution in [3.63, 3.8) is 0 Å². The van der Waals surface area contributed by atoms with Crippen LogP contribution < -0.4 is 10.9 Å². The van der Waals surface area contributed by atoms with Crippen LogP contribution in [0.3, 0.4) is 0 Å². The van der Waals surface area contributed by atoms with E-state index in [-0.39, 0.29) is 5.56 Å². The van der Waals surface area contributed by atoms with Crippen molar-refractivity contribution in [2.75, 3.05) is 5.32 Å². The van der Waals surface area contributed by atoms with Crippen LogP contribution >= 0.6 is 22.9 Å². The van der Waals surface area contributed by atoms with Crippen LogP contribution in [-0.2, 0) is 13.1 Å². The summed E-state index contributed by atoms with van der Waals surface area (Å²) in [6, 6.07) is 4.01. The fourth-order valence-corrected chi connectivity index (χ4v) is 2.73. The van der Waals surface area contributed by atoms with Gasteiger partial charge < -0.3 is 5.32 Å². The highest BCUT2D eigenvalue weighted by molar-refractivity contribution is 7.09. The Balaban J connectivity index is 1.80. The molecule has 4 nitrogen and oxygen atoms in total. The summed E-state index contributed by atoms with van der Waals surface area (Å²) in [4.78, 5) is 13.4. The Kier molecular flexibility index (Phi) is 3.57. The molecule has 0 radical (unpaired) electrons. The third-order valence-corrected chi connectivity index (χ3v) is 4.31. The summed E-state index contributed by atoms with van der Waals surface area (Å²) in [5, 5.41) is 9.61. The summed E-state index contributed by atoms with van der Waals surface area (Å²) in [6.07, 6.45) is 3.92. The quantitative estimate of drug-likeness (QED) is 0.922. The highest BCUT2D eigenvalue weighted by Crippen LogP contribution is 2.30. The zero-order valence-corrected chi connectivity index (χ0v) is 11.9. The summed E-state index contributed by atoms with van der Waals surface area (Å²) in [6.45, 7) is 1.31. The van der Waals surface area contributed by atoms with Crippen molar-refractivity contribution in [1.29, 1.82) is 0 Å². The van der Waals surface area contributed by atoms with Crippen LogP contribution in [0.1, 0.15) is 17.7 Å². The lowest BCUT2D eigenvalue weighted by Crippen LogP contribution is -2.26. The number of thiophene rings is 1. The van der Waals surface area contributed by atoms with Crippen molar-refractivity contribution < 1.29 is 0 Å². The second-order valence-corrected chi connectivity index (χ2v) is 6.17. The van der Waals surface area contributed by atoms with E-state index in [1.807, 2.05) is 17.5 Å². The molecule has 0 aromatic carbocycles. The highest BCUT2D eigenvalue weighted by atomic mass is 35.5. The highest BCUT2D eigenvalue weighted by Gasteiger charge is 2.23. The molecule has 1 aliphatic rings. The van der Waals surface area contributed by atoms with E-state index in [1.54, 1.807) is 17.5 Å². The first-order valence-corrected chi connectivity index (χ1v) is 7.51. The molecule has 100 valence electrons. The van der Waals surface area contributed by atoms with E-state index in [2.05, 4.69) is 10.4 Å². The maximum Gasteiger partial charge on any atom is 0.291 e. The van der Waals surface area contributed by atoms with Gasteiger partial charge in [0.05, 0.1) is 11.2 Å². The standard InChI is InChI=1S/C13H14ClN3OS/c14-11-7-16-17(8-9-3-4-9)13(18)12(11)15-6-10-2-1-5-19-10/h1-2,5,7,9,15H,3-4,6,8H2. The van der Waals surface area contributed by atoms with Gasteiger partial charge in [-0.2, -0.15) is 5.10 Å². The SMILES string of the molecule is O=c1c(NCc2cccs2)c(Cl)cnn1CC1CC1. The van der Waals surface area contributed by atoms with Gasteiger partial charge in [0, 0.05) is 18.0 Å². The predicted molar refractivity (Wildman–Crippen MR) is 77.9 cm³/mol. The fraction of sp³-hybridized carbons (Fsp3) is 0.385. The number of halogens is 1. The maximum atomic E-state index is 12.3. The monoisotopic (exact) mass is 295 g/mol. The van der Waals surface area contributed by atoms with E-state index in [9.17, 15) is 4.79 Å². The fourth-order valence-electron chi connectivity index (χ4n) is 1.89. The molecule has 1 fully saturated rings.